The van der Waals surface area contributed by atoms with Crippen molar-refractivity contribution in [1.82, 2.24) is 4.98 Å². The van der Waals surface area contributed by atoms with Gasteiger partial charge in [-0.15, -0.1) is 0 Å². The van der Waals surface area contributed by atoms with Gasteiger partial charge in [0.15, 0.2) is 0 Å². The van der Waals surface area contributed by atoms with Crippen molar-refractivity contribution < 1.29 is 9.59 Å². The van der Waals surface area contributed by atoms with E-state index in [1.54, 1.807) is 24.5 Å². The second kappa shape index (κ2) is 6.66. The van der Waals surface area contributed by atoms with Gasteiger partial charge in [0.25, 0.3) is 5.91 Å². The predicted octanol–water partition coefficient (Wildman–Crippen LogP) is 5.27. The van der Waals surface area contributed by atoms with E-state index in [0.717, 1.165) is 24.9 Å². The molecule has 0 radical (unpaired) electrons. The molecule has 1 aromatic heterocycles. The lowest BCUT2D eigenvalue weighted by Crippen LogP contribution is -2.58. The Hall–Kier alpha value is -2.69. The van der Waals surface area contributed by atoms with Gasteiger partial charge in [-0.05, 0) is 85.6 Å². The maximum Gasteiger partial charge on any atom is 0.255 e. The molecule has 5 nitrogen and oxygen atoms in total. The fraction of sp³-hybridized carbons (Fsp3) is 0.480. The van der Waals surface area contributed by atoms with Crippen LogP contribution >= 0.6 is 0 Å². The van der Waals surface area contributed by atoms with Crippen molar-refractivity contribution in [3.05, 3.63) is 54.4 Å². The van der Waals surface area contributed by atoms with E-state index in [9.17, 15) is 9.59 Å². The molecule has 156 valence electrons. The standard InChI is InChI=1S/C25H29N3O2/c1-23-11-17-12-24(2,14-23)16-25(13-17,15-23)22(30)28-20-5-3-4-19(10-20)27-21(29)18-6-8-26-9-7-18/h3-10,17H,11-16H2,1-2H3,(H,27,29)(H,28,30). The van der Waals surface area contributed by atoms with Crippen molar-refractivity contribution in [3.63, 3.8) is 0 Å². The van der Waals surface area contributed by atoms with Crippen LogP contribution in [0.1, 0.15) is 62.7 Å². The van der Waals surface area contributed by atoms with Crippen LogP contribution in [0.5, 0.6) is 0 Å². The molecule has 2 atom stereocenters. The smallest absolute Gasteiger partial charge is 0.255 e. The average Bonchev–Trinajstić information content (AvgIpc) is 2.66. The highest BCUT2D eigenvalue weighted by molar-refractivity contribution is 6.04. The van der Waals surface area contributed by atoms with Gasteiger partial charge in [0, 0.05) is 29.3 Å². The summed E-state index contributed by atoms with van der Waals surface area (Å²) in [5, 5.41) is 6.09. The van der Waals surface area contributed by atoms with Crippen molar-refractivity contribution in [2.24, 2.45) is 22.2 Å². The first-order valence-corrected chi connectivity index (χ1v) is 10.9. The van der Waals surface area contributed by atoms with Gasteiger partial charge in [-0.1, -0.05) is 19.9 Å². The highest BCUT2D eigenvalue weighted by Gasteiger charge is 2.62. The molecule has 30 heavy (non-hydrogen) atoms. The topological polar surface area (TPSA) is 71.1 Å². The number of carbonyl (C=O) groups excluding carboxylic acids is 2. The average molecular weight is 404 g/mol. The fourth-order valence-electron chi connectivity index (χ4n) is 7.35. The van der Waals surface area contributed by atoms with Gasteiger partial charge in [-0.3, -0.25) is 14.6 Å². The molecule has 2 aromatic rings. The van der Waals surface area contributed by atoms with Crippen molar-refractivity contribution in [1.29, 1.82) is 0 Å². The third-order valence-electron chi connectivity index (χ3n) is 7.43. The van der Waals surface area contributed by atoms with Gasteiger partial charge in [0.1, 0.15) is 0 Å². The molecule has 2 N–H and O–H groups in total. The Bertz CT molecular complexity index is 984. The monoisotopic (exact) mass is 403 g/mol. The maximum atomic E-state index is 13.5. The normalized spacial score (nSPS) is 33.9. The largest absolute Gasteiger partial charge is 0.326 e. The quantitative estimate of drug-likeness (QED) is 0.731. The molecule has 4 fully saturated rings. The van der Waals surface area contributed by atoms with Crippen LogP contribution in [0.4, 0.5) is 11.4 Å². The van der Waals surface area contributed by atoms with Crippen LogP contribution in [-0.2, 0) is 4.79 Å². The first kappa shape index (κ1) is 19.3. The van der Waals surface area contributed by atoms with Crippen molar-refractivity contribution in [2.75, 3.05) is 10.6 Å². The Morgan fingerprint density at radius 1 is 0.900 bits per heavy atom. The number of aromatic nitrogens is 1. The Morgan fingerprint density at radius 2 is 1.53 bits per heavy atom. The number of rotatable bonds is 4. The first-order chi connectivity index (χ1) is 14.3. The van der Waals surface area contributed by atoms with Crippen LogP contribution in [-0.4, -0.2) is 16.8 Å². The van der Waals surface area contributed by atoms with Crippen LogP contribution in [0.25, 0.3) is 0 Å². The molecule has 4 bridgehead atoms. The molecule has 0 spiro atoms. The molecule has 2 amide bonds. The number of benzene rings is 1. The summed E-state index contributed by atoms with van der Waals surface area (Å²) in [6.45, 7) is 4.76. The second-order valence-corrected chi connectivity index (χ2v) is 10.6. The number of nitrogens with one attached hydrogen (secondary N) is 2. The van der Waals surface area contributed by atoms with E-state index >= 15 is 0 Å². The molecule has 0 aliphatic heterocycles. The lowest BCUT2D eigenvalue weighted by atomic mass is 9.40. The van der Waals surface area contributed by atoms with Crippen molar-refractivity contribution >= 4 is 23.2 Å². The van der Waals surface area contributed by atoms with E-state index in [-0.39, 0.29) is 17.2 Å². The summed E-state index contributed by atoms with van der Waals surface area (Å²) < 4.78 is 0. The van der Waals surface area contributed by atoms with Crippen LogP contribution in [0.2, 0.25) is 0 Å². The molecule has 1 aromatic carbocycles. The molecule has 6 rings (SSSR count). The molecule has 0 saturated heterocycles. The molecule has 5 heteroatoms. The van der Waals surface area contributed by atoms with E-state index in [0.29, 0.717) is 28.0 Å². The van der Waals surface area contributed by atoms with Gasteiger partial charge in [0.05, 0.1) is 5.41 Å². The van der Waals surface area contributed by atoms with Gasteiger partial charge in [-0.2, -0.15) is 0 Å². The lowest BCUT2D eigenvalue weighted by Gasteiger charge is -2.64. The molecule has 1 heterocycles. The number of pyridine rings is 1. The van der Waals surface area contributed by atoms with Crippen LogP contribution in [0.15, 0.2) is 48.8 Å². The van der Waals surface area contributed by atoms with Crippen LogP contribution < -0.4 is 10.6 Å². The van der Waals surface area contributed by atoms with E-state index < -0.39 is 0 Å². The predicted molar refractivity (Wildman–Crippen MR) is 117 cm³/mol. The molecule has 4 saturated carbocycles. The Balaban J connectivity index is 1.32. The van der Waals surface area contributed by atoms with E-state index in [4.69, 9.17) is 0 Å². The Kier molecular flexibility index (Phi) is 4.28. The van der Waals surface area contributed by atoms with Crippen LogP contribution in [0, 0.1) is 22.2 Å². The Labute approximate surface area is 177 Å². The third kappa shape index (κ3) is 3.40. The fourth-order valence-corrected chi connectivity index (χ4v) is 7.35. The highest BCUT2D eigenvalue weighted by atomic mass is 16.2. The summed E-state index contributed by atoms with van der Waals surface area (Å²) in [4.78, 5) is 29.9. The lowest BCUT2D eigenvalue weighted by molar-refractivity contribution is -0.165. The number of nitrogens with zero attached hydrogens (tertiary/aromatic N) is 1. The molecular weight excluding hydrogens is 374 g/mol. The SMILES string of the molecule is CC12CC3CC(C)(C1)CC(C(=O)Nc1cccc(NC(=O)c4ccncc4)c1)(C3)C2. The van der Waals surface area contributed by atoms with E-state index in [1.165, 1.54) is 19.3 Å². The van der Waals surface area contributed by atoms with Gasteiger partial charge in [0.2, 0.25) is 5.91 Å². The highest BCUT2D eigenvalue weighted by Crippen LogP contribution is 2.69. The summed E-state index contributed by atoms with van der Waals surface area (Å²) in [6.07, 6.45) is 10.00. The summed E-state index contributed by atoms with van der Waals surface area (Å²) in [5.41, 5.74) is 2.30. The minimum Gasteiger partial charge on any atom is -0.326 e. The number of hydrogen-bond acceptors (Lipinski definition) is 3. The van der Waals surface area contributed by atoms with Crippen LogP contribution in [0.3, 0.4) is 0 Å². The molecule has 4 aliphatic rings. The summed E-state index contributed by atoms with van der Waals surface area (Å²) in [6, 6.07) is 10.8. The molecule has 2 unspecified atom stereocenters. The second-order valence-electron chi connectivity index (χ2n) is 10.6. The number of carbonyl (C=O) groups is 2. The summed E-state index contributed by atoms with van der Waals surface area (Å²) in [5.74, 6) is 0.637. The summed E-state index contributed by atoms with van der Waals surface area (Å²) >= 11 is 0. The van der Waals surface area contributed by atoms with E-state index in [1.807, 2.05) is 24.3 Å². The number of hydrogen-bond donors (Lipinski definition) is 2. The first-order valence-electron chi connectivity index (χ1n) is 10.9. The third-order valence-corrected chi connectivity index (χ3v) is 7.43. The zero-order valence-corrected chi connectivity index (χ0v) is 17.7. The zero-order valence-electron chi connectivity index (χ0n) is 17.7. The minimum absolute atomic E-state index is 0.154. The van der Waals surface area contributed by atoms with Gasteiger partial charge >= 0.3 is 0 Å². The Morgan fingerprint density at radius 3 is 2.17 bits per heavy atom. The maximum absolute atomic E-state index is 13.5. The van der Waals surface area contributed by atoms with Gasteiger partial charge < -0.3 is 10.6 Å². The minimum atomic E-state index is -0.251. The van der Waals surface area contributed by atoms with Gasteiger partial charge in [-0.25, -0.2) is 0 Å². The van der Waals surface area contributed by atoms with E-state index in [2.05, 4.69) is 29.5 Å². The summed E-state index contributed by atoms with van der Waals surface area (Å²) in [7, 11) is 0. The number of amides is 2. The zero-order chi connectivity index (χ0) is 21.0. The van der Waals surface area contributed by atoms with Crippen molar-refractivity contribution in [3.8, 4) is 0 Å². The number of anilines is 2. The van der Waals surface area contributed by atoms with Crippen molar-refractivity contribution in [2.45, 2.75) is 52.4 Å². The molecular formula is C25H29N3O2. The molecule has 4 aliphatic carbocycles.